The Bertz CT molecular complexity index is 554. The third kappa shape index (κ3) is 2.74. The molecule has 2 aliphatic heterocycles. The number of rotatable bonds is 4. The maximum absolute atomic E-state index is 11.0. The van der Waals surface area contributed by atoms with Crippen LogP contribution in [0.4, 0.5) is 0 Å². The van der Waals surface area contributed by atoms with Crippen molar-refractivity contribution in [1.29, 1.82) is 0 Å². The molecule has 5 heteroatoms. The van der Waals surface area contributed by atoms with Crippen LogP contribution in [-0.4, -0.2) is 26.0 Å². The molecule has 0 bridgehead atoms. The van der Waals surface area contributed by atoms with Crippen molar-refractivity contribution in [2.24, 2.45) is 11.8 Å². The lowest BCUT2D eigenvalue weighted by Crippen LogP contribution is -2.19. The number of benzene rings is 1. The summed E-state index contributed by atoms with van der Waals surface area (Å²) in [6.45, 7) is 6.46. The minimum absolute atomic E-state index is 0.0995. The lowest BCUT2D eigenvalue weighted by molar-refractivity contribution is -0.142. The average molecular weight is 290 g/mol. The van der Waals surface area contributed by atoms with E-state index in [1.54, 1.807) is 0 Å². The summed E-state index contributed by atoms with van der Waals surface area (Å²) in [7, 11) is 0. The van der Waals surface area contributed by atoms with E-state index >= 15 is 0 Å². The highest BCUT2D eigenvalue weighted by Crippen LogP contribution is 2.42. The maximum atomic E-state index is 11.0. The Balaban J connectivity index is 1.76. The Kier molecular flexibility index (Phi) is 3.84. The number of carbonyl (C=O) groups excluding carboxylic acids is 1. The van der Waals surface area contributed by atoms with E-state index in [2.05, 4.69) is 6.58 Å². The molecule has 1 aromatic carbocycles. The van der Waals surface area contributed by atoms with Gasteiger partial charge in [0, 0.05) is 18.8 Å². The number of esters is 1. The summed E-state index contributed by atoms with van der Waals surface area (Å²) in [5, 5.41) is 0. The van der Waals surface area contributed by atoms with Gasteiger partial charge < -0.3 is 18.9 Å². The van der Waals surface area contributed by atoms with Gasteiger partial charge in [0.1, 0.15) is 0 Å². The van der Waals surface area contributed by atoms with Gasteiger partial charge in [0.05, 0.1) is 19.3 Å². The lowest BCUT2D eigenvalue weighted by atomic mass is 9.88. The van der Waals surface area contributed by atoms with Crippen LogP contribution < -0.4 is 9.47 Å². The monoisotopic (exact) mass is 290 g/mol. The first-order valence-electron chi connectivity index (χ1n) is 6.96. The van der Waals surface area contributed by atoms with Crippen molar-refractivity contribution < 1.29 is 23.7 Å². The van der Waals surface area contributed by atoms with E-state index in [0.29, 0.717) is 13.2 Å². The van der Waals surface area contributed by atoms with Crippen LogP contribution in [-0.2, 0) is 14.3 Å². The van der Waals surface area contributed by atoms with E-state index in [-0.39, 0.29) is 30.7 Å². The maximum Gasteiger partial charge on any atom is 0.302 e. The summed E-state index contributed by atoms with van der Waals surface area (Å²) < 4.78 is 21.7. The van der Waals surface area contributed by atoms with Gasteiger partial charge in [-0.05, 0) is 17.7 Å². The van der Waals surface area contributed by atoms with Crippen molar-refractivity contribution in [2.45, 2.75) is 13.0 Å². The second kappa shape index (κ2) is 5.77. The van der Waals surface area contributed by atoms with Gasteiger partial charge in [-0.25, -0.2) is 0 Å². The Labute approximate surface area is 123 Å². The highest BCUT2D eigenvalue weighted by atomic mass is 16.7. The van der Waals surface area contributed by atoms with Crippen molar-refractivity contribution in [3.63, 3.8) is 0 Å². The van der Waals surface area contributed by atoms with Gasteiger partial charge in [-0.2, -0.15) is 0 Å². The molecule has 1 saturated heterocycles. The summed E-state index contributed by atoms with van der Waals surface area (Å²) in [4.78, 5) is 11.0. The zero-order chi connectivity index (χ0) is 14.8. The molecular formula is C16H18O5. The predicted molar refractivity (Wildman–Crippen MR) is 75.1 cm³/mol. The molecule has 0 saturated carbocycles. The Morgan fingerprint density at radius 2 is 2.24 bits per heavy atom. The van der Waals surface area contributed by atoms with E-state index in [9.17, 15) is 4.79 Å². The van der Waals surface area contributed by atoms with Gasteiger partial charge in [-0.1, -0.05) is 12.1 Å². The summed E-state index contributed by atoms with van der Waals surface area (Å²) in [6, 6.07) is 5.81. The van der Waals surface area contributed by atoms with Crippen molar-refractivity contribution in [3.05, 3.63) is 36.4 Å². The quantitative estimate of drug-likeness (QED) is 0.630. The molecule has 3 rings (SSSR count). The molecule has 0 spiro atoms. The van der Waals surface area contributed by atoms with Gasteiger partial charge in [-0.3, -0.25) is 4.79 Å². The van der Waals surface area contributed by atoms with Crippen molar-refractivity contribution in [1.82, 2.24) is 0 Å². The third-order valence-corrected chi connectivity index (χ3v) is 3.88. The van der Waals surface area contributed by atoms with Crippen LogP contribution in [0.25, 0.3) is 0 Å². The molecule has 0 aromatic heterocycles. The molecule has 0 unspecified atom stereocenters. The van der Waals surface area contributed by atoms with E-state index in [4.69, 9.17) is 18.9 Å². The highest BCUT2D eigenvalue weighted by molar-refractivity contribution is 5.65. The molecule has 2 aliphatic rings. The van der Waals surface area contributed by atoms with Gasteiger partial charge in [0.15, 0.2) is 11.5 Å². The van der Waals surface area contributed by atoms with Crippen LogP contribution in [0.2, 0.25) is 0 Å². The van der Waals surface area contributed by atoms with E-state index in [0.717, 1.165) is 17.1 Å². The van der Waals surface area contributed by atoms with E-state index in [1.165, 1.54) is 6.92 Å². The fraction of sp³-hybridized carbons (Fsp3) is 0.438. The number of ether oxygens (including phenoxy) is 4. The molecular weight excluding hydrogens is 272 g/mol. The standard InChI is InChI=1S/C16H18O5/c1-3-13-12(7-18-10(2)17)8-19-16(13)11-4-5-14-15(6-11)21-9-20-14/h3-6,12-13,16H,1,7-9H2,2H3/t12-,13+,16-/m1/s1. The Morgan fingerprint density at radius 3 is 3.00 bits per heavy atom. The molecule has 2 heterocycles. The number of carbonyl (C=O) groups is 1. The molecule has 0 radical (unpaired) electrons. The summed E-state index contributed by atoms with van der Waals surface area (Å²) in [5.41, 5.74) is 1.02. The Morgan fingerprint density at radius 1 is 1.43 bits per heavy atom. The van der Waals surface area contributed by atoms with Crippen molar-refractivity contribution in [2.75, 3.05) is 20.0 Å². The summed E-state index contributed by atoms with van der Waals surface area (Å²) in [5.74, 6) is 1.45. The van der Waals surface area contributed by atoms with Crippen LogP contribution in [0.5, 0.6) is 11.5 Å². The summed E-state index contributed by atoms with van der Waals surface area (Å²) in [6.07, 6.45) is 1.77. The van der Waals surface area contributed by atoms with Gasteiger partial charge >= 0.3 is 5.97 Å². The lowest BCUT2D eigenvalue weighted by Gasteiger charge is -2.19. The van der Waals surface area contributed by atoms with Gasteiger partial charge in [0.25, 0.3) is 0 Å². The number of fused-ring (bicyclic) bond motifs is 1. The minimum atomic E-state index is -0.274. The van der Waals surface area contributed by atoms with Crippen LogP contribution >= 0.6 is 0 Å². The predicted octanol–water partition coefficient (Wildman–Crippen LogP) is 2.47. The van der Waals surface area contributed by atoms with Crippen LogP contribution in [0.3, 0.4) is 0 Å². The molecule has 0 N–H and O–H groups in total. The first-order chi connectivity index (χ1) is 10.2. The largest absolute Gasteiger partial charge is 0.465 e. The fourth-order valence-corrected chi connectivity index (χ4v) is 2.80. The van der Waals surface area contributed by atoms with E-state index < -0.39 is 0 Å². The highest BCUT2D eigenvalue weighted by Gasteiger charge is 2.37. The molecule has 1 fully saturated rings. The summed E-state index contributed by atoms with van der Waals surface area (Å²) >= 11 is 0. The molecule has 112 valence electrons. The van der Waals surface area contributed by atoms with Crippen molar-refractivity contribution >= 4 is 5.97 Å². The van der Waals surface area contributed by atoms with Crippen LogP contribution in [0.1, 0.15) is 18.6 Å². The third-order valence-electron chi connectivity index (χ3n) is 3.88. The van der Waals surface area contributed by atoms with Gasteiger partial charge in [0.2, 0.25) is 6.79 Å². The first kappa shape index (κ1) is 13.9. The smallest absolute Gasteiger partial charge is 0.302 e. The normalized spacial score (nSPS) is 26.6. The number of hydrogen-bond acceptors (Lipinski definition) is 5. The number of hydrogen-bond donors (Lipinski definition) is 0. The van der Waals surface area contributed by atoms with Gasteiger partial charge in [-0.15, -0.1) is 6.58 Å². The molecule has 3 atom stereocenters. The van der Waals surface area contributed by atoms with Crippen molar-refractivity contribution in [3.8, 4) is 11.5 Å². The molecule has 1 aromatic rings. The second-order valence-corrected chi connectivity index (χ2v) is 5.24. The molecule has 0 amide bonds. The van der Waals surface area contributed by atoms with Crippen LogP contribution in [0.15, 0.2) is 30.9 Å². The fourth-order valence-electron chi connectivity index (χ4n) is 2.80. The zero-order valence-corrected chi connectivity index (χ0v) is 11.9. The molecule has 5 nitrogen and oxygen atoms in total. The second-order valence-electron chi connectivity index (χ2n) is 5.24. The van der Waals surface area contributed by atoms with Crippen LogP contribution in [0, 0.1) is 11.8 Å². The topological polar surface area (TPSA) is 54.0 Å². The minimum Gasteiger partial charge on any atom is -0.465 e. The molecule has 0 aliphatic carbocycles. The SMILES string of the molecule is C=C[C@H]1[C@H](COC(C)=O)CO[C@@H]1c1ccc2c(c1)OCO2. The zero-order valence-electron chi connectivity index (χ0n) is 11.9. The average Bonchev–Trinajstić information content (AvgIpc) is 3.10. The first-order valence-corrected chi connectivity index (χ1v) is 6.96. The van der Waals surface area contributed by atoms with E-state index in [1.807, 2.05) is 24.3 Å². The molecule has 21 heavy (non-hydrogen) atoms. The Hall–Kier alpha value is -2.01.